The molecule has 1 fully saturated rings. The number of rotatable bonds is 5. The van der Waals surface area contributed by atoms with E-state index in [4.69, 9.17) is 9.90 Å². The average molecular weight is 424 g/mol. The molecule has 1 atom stereocenters. The van der Waals surface area contributed by atoms with Crippen LogP contribution in [0.4, 0.5) is 0 Å². The minimum Gasteiger partial charge on any atom is -0.483 e. The van der Waals surface area contributed by atoms with Crippen molar-refractivity contribution in [2.45, 2.75) is 36.0 Å². The Morgan fingerprint density at radius 3 is 2.57 bits per heavy atom. The quantitative estimate of drug-likeness (QED) is 0.440. The van der Waals surface area contributed by atoms with Gasteiger partial charge >= 0.3 is 0 Å². The zero-order valence-electron chi connectivity index (χ0n) is 17.3. The Morgan fingerprint density at radius 2 is 1.77 bits per heavy atom. The van der Waals surface area contributed by atoms with E-state index < -0.39 is 5.60 Å². The Hall–Kier alpha value is -2.34. The summed E-state index contributed by atoms with van der Waals surface area (Å²) in [6, 6.07) is 23.5. The van der Waals surface area contributed by atoms with Crippen molar-refractivity contribution in [2.75, 3.05) is 19.6 Å². The number of carboxylic acid groups (broad SMARTS) is 1. The molecule has 0 amide bonds. The molecule has 0 radical (unpaired) electrons. The fraction of sp³-hybridized carbons (Fsp3) is 0.320. The number of β-amino-alcohol motifs (C(OH)–C–C–N with tert-alkyl or cyclic N) is 1. The first kappa shape index (κ1) is 22.3. The summed E-state index contributed by atoms with van der Waals surface area (Å²) >= 11 is 1.86. The van der Waals surface area contributed by atoms with Crippen molar-refractivity contribution < 1.29 is 15.0 Å². The predicted octanol–water partition coefficient (Wildman–Crippen LogP) is 5.14. The standard InChI is InChI=1S/C24H27NOS.CH2O2/c1-2-25-16-8-15-24(26,18-25)22-13-6-4-10-20(22)17-27-23-14-7-11-19-9-3-5-12-21(19)23;2-1-3/h3-7,9-14,26H,2,8,15-18H2,1H3;1H,(H,2,3). The van der Waals surface area contributed by atoms with Gasteiger partial charge < -0.3 is 15.1 Å². The SMILES string of the molecule is CCN1CCCC(O)(c2ccccc2CSc2cccc3ccccc23)C1.O=CO. The molecule has 0 spiro atoms. The molecular weight excluding hydrogens is 394 g/mol. The van der Waals surface area contributed by atoms with Gasteiger partial charge in [0.05, 0.1) is 0 Å². The van der Waals surface area contributed by atoms with E-state index in [0.29, 0.717) is 0 Å². The van der Waals surface area contributed by atoms with E-state index in [9.17, 15) is 5.11 Å². The zero-order valence-corrected chi connectivity index (χ0v) is 18.1. The van der Waals surface area contributed by atoms with Crippen LogP contribution in [-0.4, -0.2) is 41.2 Å². The molecule has 4 rings (SSSR count). The summed E-state index contributed by atoms with van der Waals surface area (Å²) in [5.41, 5.74) is 1.62. The van der Waals surface area contributed by atoms with Crippen molar-refractivity contribution in [3.63, 3.8) is 0 Å². The van der Waals surface area contributed by atoms with E-state index in [-0.39, 0.29) is 6.47 Å². The van der Waals surface area contributed by atoms with Gasteiger partial charge in [-0.2, -0.15) is 0 Å². The second-order valence-corrected chi connectivity index (χ2v) is 8.55. The van der Waals surface area contributed by atoms with Crippen molar-refractivity contribution in [3.05, 3.63) is 77.9 Å². The number of hydrogen-bond donors (Lipinski definition) is 2. The molecule has 4 nitrogen and oxygen atoms in total. The summed E-state index contributed by atoms with van der Waals surface area (Å²) in [6.45, 7) is 4.74. The minimum absolute atomic E-state index is 0.250. The zero-order chi connectivity index (χ0) is 21.4. The highest BCUT2D eigenvalue weighted by atomic mass is 32.2. The van der Waals surface area contributed by atoms with Crippen LogP contribution < -0.4 is 0 Å². The number of likely N-dealkylation sites (N-methyl/N-ethyl adjacent to an activating group) is 1. The fourth-order valence-corrected chi connectivity index (χ4v) is 5.27. The largest absolute Gasteiger partial charge is 0.483 e. The topological polar surface area (TPSA) is 60.8 Å². The van der Waals surface area contributed by atoms with Gasteiger partial charge in [-0.25, -0.2) is 0 Å². The van der Waals surface area contributed by atoms with Crippen molar-refractivity contribution in [1.82, 2.24) is 4.90 Å². The molecule has 1 unspecified atom stereocenters. The lowest BCUT2D eigenvalue weighted by molar-refractivity contribution is -0.122. The van der Waals surface area contributed by atoms with E-state index in [1.165, 1.54) is 21.2 Å². The van der Waals surface area contributed by atoms with Crippen molar-refractivity contribution >= 4 is 29.0 Å². The summed E-state index contributed by atoms with van der Waals surface area (Å²) in [5.74, 6) is 0.874. The summed E-state index contributed by atoms with van der Waals surface area (Å²) in [4.78, 5) is 12.0. The molecule has 1 heterocycles. The van der Waals surface area contributed by atoms with Gasteiger partial charge in [-0.3, -0.25) is 4.79 Å². The molecule has 1 aliphatic rings. The fourth-order valence-electron chi connectivity index (χ4n) is 4.19. The number of likely N-dealkylation sites (tertiary alicyclic amines) is 1. The van der Waals surface area contributed by atoms with Crippen molar-refractivity contribution in [2.24, 2.45) is 0 Å². The second-order valence-electron chi connectivity index (χ2n) is 7.53. The Labute approximate surface area is 182 Å². The maximum absolute atomic E-state index is 11.4. The van der Waals surface area contributed by atoms with Crippen LogP contribution in [0.1, 0.15) is 30.9 Å². The summed E-state index contributed by atoms with van der Waals surface area (Å²) < 4.78 is 0. The van der Waals surface area contributed by atoms with Gasteiger partial charge in [0, 0.05) is 17.2 Å². The number of hydrogen-bond acceptors (Lipinski definition) is 4. The summed E-state index contributed by atoms with van der Waals surface area (Å²) in [5, 5.41) is 20.9. The van der Waals surface area contributed by atoms with Crippen molar-refractivity contribution in [1.29, 1.82) is 0 Å². The number of fused-ring (bicyclic) bond motifs is 1. The number of thioether (sulfide) groups is 1. The number of nitrogens with zero attached hydrogens (tertiary/aromatic N) is 1. The minimum atomic E-state index is -0.732. The molecular formula is C25H29NO3S. The number of piperidine rings is 1. The average Bonchev–Trinajstić information content (AvgIpc) is 2.78. The van der Waals surface area contributed by atoms with Crippen LogP contribution in [0.2, 0.25) is 0 Å². The summed E-state index contributed by atoms with van der Waals surface area (Å²) in [7, 11) is 0. The molecule has 3 aromatic carbocycles. The Bertz CT molecular complexity index is 972. The number of carbonyl (C=O) groups is 1. The normalized spacial score (nSPS) is 19.1. The molecule has 0 aliphatic carbocycles. The number of benzene rings is 3. The van der Waals surface area contributed by atoms with Crippen LogP contribution in [-0.2, 0) is 16.1 Å². The maximum Gasteiger partial charge on any atom is 0.290 e. The van der Waals surface area contributed by atoms with E-state index >= 15 is 0 Å². The second kappa shape index (κ2) is 10.6. The Balaban J connectivity index is 0.000000806. The van der Waals surface area contributed by atoms with Gasteiger partial charge in [-0.1, -0.05) is 67.6 Å². The van der Waals surface area contributed by atoms with Crippen LogP contribution in [0.5, 0.6) is 0 Å². The first-order valence-electron chi connectivity index (χ1n) is 10.3. The third-order valence-corrected chi connectivity index (χ3v) is 6.77. The highest BCUT2D eigenvalue weighted by Crippen LogP contribution is 2.37. The molecule has 0 bridgehead atoms. The Morgan fingerprint density at radius 1 is 1.07 bits per heavy atom. The van der Waals surface area contributed by atoms with Gasteiger partial charge in [0.25, 0.3) is 6.47 Å². The third kappa shape index (κ3) is 5.22. The first-order valence-corrected chi connectivity index (χ1v) is 11.3. The van der Waals surface area contributed by atoms with Gasteiger partial charge in [0.1, 0.15) is 5.60 Å². The molecule has 1 saturated heterocycles. The van der Waals surface area contributed by atoms with Gasteiger partial charge in [-0.15, -0.1) is 11.8 Å². The lowest BCUT2D eigenvalue weighted by Gasteiger charge is -2.40. The van der Waals surface area contributed by atoms with E-state index in [1.807, 2.05) is 11.8 Å². The van der Waals surface area contributed by atoms with Crippen LogP contribution >= 0.6 is 11.8 Å². The molecule has 158 valence electrons. The highest BCUT2D eigenvalue weighted by molar-refractivity contribution is 7.98. The van der Waals surface area contributed by atoms with Crippen molar-refractivity contribution in [3.8, 4) is 0 Å². The predicted molar refractivity (Wildman–Crippen MR) is 124 cm³/mol. The molecule has 3 aromatic rings. The molecule has 0 saturated carbocycles. The van der Waals surface area contributed by atoms with Crippen LogP contribution in [0.15, 0.2) is 71.6 Å². The monoisotopic (exact) mass is 423 g/mol. The van der Waals surface area contributed by atoms with Gasteiger partial charge in [-0.05, 0) is 53.9 Å². The third-order valence-electron chi connectivity index (χ3n) is 5.65. The molecule has 2 N–H and O–H groups in total. The Kier molecular flexibility index (Phi) is 7.91. The lowest BCUT2D eigenvalue weighted by atomic mass is 9.83. The van der Waals surface area contributed by atoms with E-state index in [0.717, 1.165) is 43.8 Å². The van der Waals surface area contributed by atoms with E-state index in [1.54, 1.807) is 0 Å². The molecule has 0 aromatic heterocycles. The van der Waals surface area contributed by atoms with Crippen LogP contribution in [0.3, 0.4) is 0 Å². The highest BCUT2D eigenvalue weighted by Gasteiger charge is 2.35. The molecule has 30 heavy (non-hydrogen) atoms. The maximum atomic E-state index is 11.4. The van der Waals surface area contributed by atoms with E-state index in [2.05, 4.69) is 78.6 Å². The van der Waals surface area contributed by atoms with Crippen LogP contribution in [0.25, 0.3) is 10.8 Å². The van der Waals surface area contributed by atoms with Crippen LogP contribution in [0, 0.1) is 0 Å². The summed E-state index contributed by atoms with van der Waals surface area (Å²) in [6.07, 6.45) is 1.90. The van der Waals surface area contributed by atoms with Gasteiger partial charge in [0.15, 0.2) is 0 Å². The van der Waals surface area contributed by atoms with Gasteiger partial charge in [0.2, 0.25) is 0 Å². The number of aliphatic hydroxyl groups is 1. The molecule has 1 aliphatic heterocycles. The lowest BCUT2D eigenvalue weighted by Crippen LogP contribution is -2.46. The first-order chi connectivity index (χ1) is 14.6. The molecule has 5 heteroatoms. The smallest absolute Gasteiger partial charge is 0.290 e.